The number of carbonyl (C=O) groups excluding carboxylic acids is 1. The molecular weight excluding hydrogens is 276 g/mol. The molecule has 1 amide bonds. The van der Waals surface area contributed by atoms with Crippen molar-refractivity contribution in [2.75, 3.05) is 28.3 Å². The number of benzene rings is 2. The lowest BCUT2D eigenvalue weighted by atomic mass is 10.0. The molecule has 0 fully saturated rings. The molecule has 0 aromatic heterocycles. The Labute approximate surface area is 131 Å². The van der Waals surface area contributed by atoms with Crippen LogP contribution in [0.15, 0.2) is 48.5 Å². The average Bonchev–Trinajstić information content (AvgIpc) is 2.53. The molecule has 0 radical (unpaired) electrons. The van der Waals surface area contributed by atoms with Gasteiger partial charge in [-0.05, 0) is 42.9 Å². The van der Waals surface area contributed by atoms with E-state index in [1.807, 2.05) is 18.2 Å². The number of hydroxylamine groups is 2. The maximum absolute atomic E-state index is 12.1. The Hall–Kier alpha value is -2.17. The van der Waals surface area contributed by atoms with Gasteiger partial charge in [-0.1, -0.05) is 36.4 Å². The Morgan fingerprint density at radius 3 is 2.27 bits per heavy atom. The second-order valence-electron chi connectivity index (χ2n) is 5.50. The molecule has 22 heavy (non-hydrogen) atoms. The highest BCUT2D eigenvalue weighted by Gasteiger charge is 2.11. The van der Waals surface area contributed by atoms with Crippen LogP contribution in [0.3, 0.4) is 0 Å². The molecule has 0 N–H and O–H groups in total. The summed E-state index contributed by atoms with van der Waals surface area (Å²) >= 11 is 0. The molecule has 4 nitrogen and oxygen atoms in total. The van der Waals surface area contributed by atoms with Crippen molar-refractivity contribution in [3.8, 4) is 11.1 Å². The van der Waals surface area contributed by atoms with E-state index in [1.54, 1.807) is 13.1 Å². The number of hydrogen-bond donors (Lipinski definition) is 0. The van der Waals surface area contributed by atoms with Gasteiger partial charge in [0.05, 0.1) is 7.11 Å². The average molecular weight is 298 g/mol. The third kappa shape index (κ3) is 3.93. The fraction of sp³-hybridized carbons (Fsp3) is 0.278. The molecule has 0 saturated carbocycles. The van der Waals surface area contributed by atoms with Gasteiger partial charge in [-0.15, -0.1) is 0 Å². The molecule has 116 valence electrons. The van der Waals surface area contributed by atoms with Crippen LogP contribution in [0, 0.1) is 0 Å². The van der Waals surface area contributed by atoms with Crippen molar-refractivity contribution in [3.63, 3.8) is 0 Å². The lowest BCUT2D eigenvalue weighted by Crippen LogP contribution is -2.25. The van der Waals surface area contributed by atoms with E-state index in [0.717, 1.165) is 17.7 Å². The first-order valence-electron chi connectivity index (χ1n) is 7.17. The van der Waals surface area contributed by atoms with Gasteiger partial charge in [-0.2, -0.15) is 0 Å². The summed E-state index contributed by atoms with van der Waals surface area (Å²) in [7, 11) is 7.18. The SMILES string of the molecule is CON(C)C(=O)c1cccc(-c2ccc(CN(C)C)cc2)c1. The van der Waals surface area contributed by atoms with Gasteiger partial charge < -0.3 is 4.90 Å². The molecule has 0 heterocycles. The van der Waals surface area contributed by atoms with Crippen LogP contribution >= 0.6 is 0 Å². The van der Waals surface area contributed by atoms with Crippen molar-refractivity contribution in [1.29, 1.82) is 0 Å². The van der Waals surface area contributed by atoms with Gasteiger partial charge in [0.1, 0.15) is 0 Å². The Balaban J connectivity index is 2.24. The first kappa shape index (κ1) is 16.2. The first-order valence-corrected chi connectivity index (χ1v) is 7.17. The largest absolute Gasteiger partial charge is 0.305 e. The normalized spacial score (nSPS) is 10.8. The maximum atomic E-state index is 12.1. The van der Waals surface area contributed by atoms with Crippen molar-refractivity contribution in [2.45, 2.75) is 6.54 Å². The summed E-state index contributed by atoms with van der Waals surface area (Å²) in [4.78, 5) is 19.2. The van der Waals surface area contributed by atoms with Crippen LogP contribution in [0.1, 0.15) is 15.9 Å². The van der Waals surface area contributed by atoms with E-state index < -0.39 is 0 Å². The highest BCUT2D eigenvalue weighted by molar-refractivity contribution is 5.94. The second-order valence-corrected chi connectivity index (χ2v) is 5.50. The summed E-state index contributed by atoms with van der Waals surface area (Å²) in [6.45, 7) is 0.914. The third-order valence-corrected chi connectivity index (χ3v) is 3.46. The molecule has 0 aliphatic rings. The summed E-state index contributed by atoms with van der Waals surface area (Å²) in [5.41, 5.74) is 3.99. The quantitative estimate of drug-likeness (QED) is 0.795. The van der Waals surface area contributed by atoms with Crippen molar-refractivity contribution in [2.24, 2.45) is 0 Å². The van der Waals surface area contributed by atoms with E-state index in [2.05, 4.69) is 43.3 Å². The topological polar surface area (TPSA) is 32.8 Å². The van der Waals surface area contributed by atoms with E-state index in [-0.39, 0.29) is 5.91 Å². The van der Waals surface area contributed by atoms with Crippen LogP contribution in [0.5, 0.6) is 0 Å². The molecule has 0 atom stereocenters. The predicted octanol–water partition coefficient (Wildman–Crippen LogP) is 3.05. The van der Waals surface area contributed by atoms with Crippen molar-refractivity contribution >= 4 is 5.91 Å². The minimum atomic E-state index is -0.159. The number of rotatable bonds is 5. The highest BCUT2D eigenvalue weighted by Crippen LogP contribution is 2.22. The van der Waals surface area contributed by atoms with Crippen molar-refractivity contribution in [3.05, 3.63) is 59.7 Å². The van der Waals surface area contributed by atoms with E-state index in [9.17, 15) is 4.79 Å². The molecule has 2 aromatic rings. The van der Waals surface area contributed by atoms with E-state index in [4.69, 9.17) is 4.84 Å². The highest BCUT2D eigenvalue weighted by atomic mass is 16.7. The smallest absolute Gasteiger partial charge is 0.277 e. The van der Waals surface area contributed by atoms with Gasteiger partial charge >= 0.3 is 0 Å². The Morgan fingerprint density at radius 2 is 1.68 bits per heavy atom. The minimum absolute atomic E-state index is 0.159. The summed E-state index contributed by atoms with van der Waals surface area (Å²) in [5.74, 6) is -0.159. The number of nitrogens with zero attached hydrogens (tertiary/aromatic N) is 2. The fourth-order valence-electron chi connectivity index (χ4n) is 2.26. The standard InChI is InChI=1S/C18H22N2O2/c1-19(2)13-14-8-10-15(11-9-14)16-6-5-7-17(12-16)18(21)20(3)22-4/h5-12H,13H2,1-4H3. The first-order chi connectivity index (χ1) is 10.5. The molecule has 0 aliphatic carbocycles. The molecule has 2 rings (SSSR count). The molecule has 0 bridgehead atoms. The van der Waals surface area contributed by atoms with Crippen LogP contribution < -0.4 is 0 Å². The zero-order valence-electron chi connectivity index (χ0n) is 13.5. The molecule has 0 unspecified atom stereocenters. The molecule has 4 heteroatoms. The second kappa shape index (κ2) is 7.20. The Kier molecular flexibility index (Phi) is 5.31. The summed E-state index contributed by atoms with van der Waals surface area (Å²) in [6.07, 6.45) is 0. The van der Waals surface area contributed by atoms with Gasteiger partial charge in [0, 0.05) is 19.2 Å². The summed E-state index contributed by atoms with van der Waals surface area (Å²) in [6, 6.07) is 16.0. The molecular formula is C18H22N2O2. The van der Waals surface area contributed by atoms with Crippen LogP contribution in [0.2, 0.25) is 0 Å². The van der Waals surface area contributed by atoms with Crippen LogP contribution in [-0.4, -0.2) is 44.1 Å². The molecule has 2 aromatic carbocycles. The zero-order chi connectivity index (χ0) is 16.1. The van der Waals surface area contributed by atoms with Crippen molar-refractivity contribution in [1.82, 2.24) is 9.96 Å². The summed E-state index contributed by atoms with van der Waals surface area (Å²) < 4.78 is 0. The molecule has 0 saturated heterocycles. The van der Waals surface area contributed by atoms with E-state index in [1.165, 1.54) is 17.7 Å². The van der Waals surface area contributed by atoms with Gasteiger partial charge in [0.25, 0.3) is 5.91 Å². The van der Waals surface area contributed by atoms with Crippen molar-refractivity contribution < 1.29 is 9.63 Å². The maximum Gasteiger partial charge on any atom is 0.277 e. The molecule has 0 aliphatic heterocycles. The van der Waals surface area contributed by atoms with Gasteiger partial charge in [0.2, 0.25) is 0 Å². The fourth-order valence-corrected chi connectivity index (χ4v) is 2.26. The Morgan fingerprint density at radius 1 is 1.00 bits per heavy atom. The zero-order valence-corrected chi connectivity index (χ0v) is 13.5. The van der Waals surface area contributed by atoms with Gasteiger partial charge in [-0.25, -0.2) is 5.06 Å². The van der Waals surface area contributed by atoms with E-state index in [0.29, 0.717) is 5.56 Å². The number of amides is 1. The van der Waals surface area contributed by atoms with Gasteiger partial charge in [0.15, 0.2) is 0 Å². The summed E-state index contributed by atoms with van der Waals surface area (Å²) in [5, 5.41) is 1.22. The predicted molar refractivity (Wildman–Crippen MR) is 88.4 cm³/mol. The van der Waals surface area contributed by atoms with E-state index >= 15 is 0 Å². The van der Waals surface area contributed by atoms with Crippen LogP contribution in [-0.2, 0) is 11.4 Å². The Bertz CT molecular complexity index is 636. The minimum Gasteiger partial charge on any atom is -0.305 e. The number of hydrogen-bond acceptors (Lipinski definition) is 3. The lowest BCUT2D eigenvalue weighted by Gasteiger charge is -2.14. The van der Waals surface area contributed by atoms with Gasteiger partial charge in [-0.3, -0.25) is 9.63 Å². The third-order valence-electron chi connectivity index (χ3n) is 3.46. The lowest BCUT2D eigenvalue weighted by molar-refractivity contribution is -0.0756. The molecule has 0 spiro atoms. The van der Waals surface area contributed by atoms with Crippen LogP contribution in [0.25, 0.3) is 11.1 Å². The van der Waals surface area contributed by atoms with Crippen LogP contribution in [0.4, 0.5) is 0 Å². The monoisotopic (exact) mass is 298 g/mol. The number of carbonyl (C=O) groups is 1.